The summed E-state index contributed by atoms with van der Waals surface area (Å²) in [5, 5.41) is 6.86. The Hall–Kier alpha value is -2.60. The van der Waals surface area contributed by atoms with Crippen LogP contribution in [0.1, 0.15) is 67.2 Å². The zero-order valence-corrected chi connectivity index (χ0v) is 25.0. The van der Waals surface area contributed by atoms with Crippen LogP contribution in [0.3, 0.4) is 0 Å². The van der Waals surface area contributed by atoms with Crippen LogP contribution in [-0.2, 0) is 33.1 Å². The maximum absolute atomic E-state index is 12.7. The van der Waals surface area contributed by atoms with Crippen LogP contribution in [0.4, 0.5) is 4.79 Å². The third-order valence-electron chi connectivity index (χ3n) is 6.75. The van der Waals surface area contributed by atoms with E-state index in [1.54, 1.807) is 20.8 Å². The predicted molar refractivity (Wildman–Crippen MR) is 142 cm³/mol. The molecule has 212 valence electrons. The maximum atomic E-state index is 12.7. The summed E-state index contributed by atoms with van der Waals surface area (Å²) < 4.78 is 21.0. The molecule has 0 aromatic rings. The number of hydrogen-bond donors (Lipinski definition) is 2. The number of esters is 2. The molecule has 0 bridgehead atoms. The van der Waals surface area contributed by atoms with Gasteiger partial charge in [-0.05, 0) is 70.5 Å². The minimum Gasteiger partial charge on any atom is -0.466 e. The second kappa shape index (κ2) is 12.8. The first-order chi connectivity index (χ1) is 16.9. The van der Waals surface area contributed by atoms with Gasteiger partial charge in [-0.25, -0.2) is 14.4 Å². The Labute approximate surface area is 221 Å². The van der Waals surface area contributed by atoms with Gasteiger partial charge in [-0.1, -0.05) is 25.9 Å². The number of carbonyl (C=O) groups is 3. The smallest absolute Gasteiger partial charge is 0.408 e. The van der Waals surface area contributed by atoms with Crippen LogP contribution in [0.5, 0.6) is 0 Å². The SMILES string of the molecule is COC(=O)/C=C(\O/N=C(\N)C1(NC(=O)OC(C)(C)C)CCC(CO[Si](C)(C)C(C)(C)C)CC1)C(=O)OC. The highest BCUT2D eigenvalue weighted by Crippen LogP contribution is 2.39. The fourth-order valence-corrected chi connectivity index (χ4v) is 4.48. The van der Waals surface area contributed by atoms with Crippen LogP contribution < -0.4 is 11.1 Å². The summed E-state index contributed by atoms with van der Waals surface area (Å²) in [5.74, 6) is -2.08. The van der Waals surface area contributed by atoms with Crippen LogP contribution in [0.2, 0.25) is 18.1 Å². The van der Waals surface area contributed by atoms with Crippen LogP contribution in [0, 0.1) is 5.92 Å². The average Bonchev–Trinajstić information content (AvgIpc) is 2.78. The van der Waals surface area contributed by atoms with Crippen molar-refractivity contribution in [2.75, 3.05) is 20.8 Å². The number of rotatable bonds is 9. The third-order valence-corrected chi connectivity index (χ3v) is 11.3. The summed E-state index contributed by atoms with van der Waals surface area (Å²) in [6.45, 7) is 16.9. The molecular weight excluding hydrogens is 498 g/mol. The number of amides is 1. The summed E-state index contributed by atoms with van der Waals surface area (Å²) in [6, 6.07) is 0. The molecule has 0 aromatic carbocycles. The van der Waals surface area contributed by atoms with Crippen molar-refractivity contribution in [3.05, 3.63) is 11.8 Å². The Morgan fingerprint density at radius 1 is 1.05 bits per heavy atom. The van der Waals surface area contributed by atoms with E-state index in [4.69, 9.17) is 19.7 Å². The van der Waals surface area contributed by atoms with Gasteiger partial charge in [0, 0.05) is 6.61 Å². The largest absolute Gasteiger partial charge is 0.466 e. The number of oxime groups is 1. The van der Waals surface area contributed by atoms with E-state index in [2.05, 4.69) is 53.8 Å². The maximum Gasteiger partial charge on any atom is 0.408 e. The molecule has 0 atom stereocenters. The summed E-state index contributed by atoms with van der Waals surface area (Å²) in [5.41, 5.74) is 4.53. The van der Waals surface area contributed by atoms with E-state index < -0.39 is 43.2 Å². The zero-order chi connectivity index (χ0) is 28.7. The normalized spacial score (nSPS) is 21.6. The predicted octanol–water partition coefficient (Wildman–Crippen LogP) is 3.98. The molecule has 1 amide bonds. The Kier molecular flexibility index (Phi) is 11.2. The molecule has 0 unspecified atom stereocenters. The summed E-state index contributed by atoms with van der Waals surface area (Å²) >= 11 is 0. The number of methoxy groups -OCH3 is 2. The molecule has 0 aliphatic heterocycles. The van der Waals surface area contributed by atoms with Gasteiger partial charge in [-0.3, -0.25) is 0 Å². The summed E-state index contributed by atoms with van der Waals surface area (Å²) in [4.78, 5) is 41.5. The molecular formula is C25H45N3O8Si. The lowest BCUT2D eigenvalue weighted by Gasteiger charge is -2.42. The highest BCUT2D eigenvalue weighted by molar-refractivity contribution is 6.74. The first kappa shape index (κ1) is 32.4. The van der Waals surface area contributed by atoms with Gasteiger partial charge in [0.05, 0.1) is 20.3 Å². The van der Waals surface area contributed by atoms with Gasteiger partial charge in [0.25, 0.3) is 0 Å². The molecule has 0 heterocycles. The topological polar surface area (TPSA) is 148 Å². The molecule has 0 radical (unpaired) electrons. The Morgan fingerprint density at radius 3 is 2.08 bits per heavy atom. The quantitative estimate of drug-likeness (QED) is 0.0644. The van der Waals surface area contributed by atoms with Crippen molar-refractivity contribution >= 4 is 32.2 Å². The van der Waals surface area contributed by atoms with Gasteiger partial charge in [-0.2, -0.15) is 0 Å². The zero-order valence-electron chi connectivity index (χ0n) is 24.0. The summed E-state index contributed by atoms with van der Waals surface area (Å²) in [6.07, 6.45) is 2.46. The van der Waals surface area contributed by atoms with Gasteiger partial charge in [-0.15, -0.1) is 0 Å². The van der Waals surface area contributed by atoms with E-state index in [1.165, 1.54) is 0 Å². The molecule has 0 saturated heterocycles. The molecule has 11 nitrogen and oxygen atoms in total. The first-order valence-electron chi connectivity index (χ1n) is 12.4. The molecule has 1 saturated carbocycles. The second-order valence-electron chi connectivity index (χ2n) is 11.8. The monoisotopic (exact) mass is 543 g/mol. The first-order valence-corrected chi connectivity index (χ1v) is 15.3. The standard InChI is InChI=1S/C25H45N3O8Si/c1-23(2,3)35-22(31)27-25(21(26)28-36-18(20(30)33-8)15-19(29)32-7)13-11-17(12-14-25)16-34-37(9,10)24(4,5)6/h15,17H,11-14,16H2,1-10H3,(H2,26,28)(H,27,31)/b18-15-. The highest BCUT2D eigenvalue weighted by atomic mass is 28.4. The van der Waals surface area contributed by atoms with Crippen molar-refractivity contribution in [1.29, 1.82) is 0 Å². The molecule has 1 rings (SSSR count). The molecule has 1 aliphatic carbocycles. The molecule has 37 heavy (non-hydrogen) atoms. The van der Waals surface area contributed by atoms with E-state index >= 15 is 0 Å². The fourth-order valence-electron chi connectivity index (χ4n) is 3.40. The van der Waals surface area contributed by atoms with Gasteiger partial charge >= 0.3 is 18.0 Å². The second-order valence-corrected chi connectivity index (χ2v) is 16.6. The Morgan fingerprint density at radius 2 is 1.62 bits per heavy atom. The Bertz CT molecular complexity index is 879. The number of amidine groups is 1. The lowest BCUT2D eigenvalue weighted by atomic mass is 9.76. The number of alkyl carbamates (subject to hydrolysis) is 1. The number of carbonyl (C=O) groups excluding carboxylic acids is 3. The number of nitrogens with one attached hydrogen (secondary N) is 1. The van der Waals surface area contributed by atoms with Crippen molar-refractivity contribution in [3.63, 3.8) is 0 Å². The third kappa shape index (κ3) is 9.99. The van der Waals surface area contributed by atoms with Crippen LogP contribution in [0.25, 0.3) is 0 Å². The van der Waals surface area contributed by atoms with Crippen molar-refractivity contribution in [1.82, 2.24) is 5.32 Å². The van der Waals surface area contributed by atoms with E-state index in [1.807, 2.05) is 0 Å². The Balaban J connectivity index is 3.13. The number of hydrogen-bond acceptors (Lipinski definition) is 9. The number of nitrogens with two attached hydrogens (primary N) is 1. The molecule has 1 fully saturated rings. The van der Waals surface area contributed by atoms with Gasteiger partial charge in [0.2, 0.25) is 5.76 Å². The average molecular weight is 544 g/mol. The van der Waals surface area contributed by atoms with E-state index in [0.29, 0.717) is 32.3 Å². The molecule has 0 spiro atoms. The van der Waals surface area contributed by atoms with Crippen molar-refractivity contribution in [2.24, 2.45) is 16.8 Å². The van der Waals surface area contributed by atoms with E-state index in [0.717, 1.165) is 20.3 Å². The van der Waals surface area contributed by atoms with Crippen LogP contribution >= 0.6 is 0 Å². The minimum absolute atomic E-state index is 0.0678. The number of ether oxygens (including phenoxy) is 3. The fraction of sp³-hybridized carbons (Fsp3) is 0.760. The van der Waals surface area contributed by atoms with E-state index in [9.17, 15) is 14.4 Å². The van der Waals surface area contributed by atoms with Gasteiger partial charge in [0.15, 0.2) is 14.2 Å². The van der Waals surface area contributed by atoms with Crippen molar-refractivity contribution in [3.8, 4) is 0 Å². The van der Waals surface area contributed by atoms with Crippen LogP contribution in [-0.4, -0.2) is 64.2 Å². The molecule has 0 aromatic heterocycles. The molecule has 12 heteroatoms. The highest BCUT2D eigenvalue weighted by Gasteiger charge is 2.43. The van der Waals surface area contributed by atoms with Gasteiger partial charge < -0.3 is 34.5 Å². The van der Waals surface area contributed by atoms with E-state index in [-0.39, 0.29) is 16.8 Å². The number of nitrogens with zero attached hydrogens (tertiary/aromatic N) is 1. The molecule has 3 N–H and O–H groups in total. The minimum atomic E-state index is -1.90. The lowest BCUT2D eigenvalue weighted by Crippen LogP contribution is -2.60. The van der Waals surface area contributed by atoms with Crippen molar-refractivity contribution in [2.45, 2.75) is 96.5 Å². The molecule has 1 aliphatic rings. The van der Waals surface area contributed by atoms with Gasteiger partial charge in [0.1, 0.15) is 11.1 Å². The summed E-state index contributed by atoms with van der Waals surface area (Å²) in [7, 11) is 0.377. The lowest BCUT2D eigenvalue weighted by molar-refractivity contribution is -0.142. The van der Waals surface area contributed by atoms with Crippen molar-refractivity contribution < 1.29 is 37.9 Å². The van der Waals surface area contributed by atoms with Crippen LogP contribution in [0.15, 0.2) is 17.0 Å².